The standard InChI is InChI=1S/C9H5BrO3/c10-7-5-3-1-2-4-6(5)13-8(7)9(11)12/h1-4H,(H,11,12)/p-1. The van der Waals surface area contributed by atoms with Gasteiger partial charge in [0, 0.05) is 5.39 Å². The van der Waals surface area contributed by atoms with Gasteiger partial charge in [-0.3, -0.25) is 0 Å². The molecule has 0 saturated heterocycles. The maximum absolute atomic E-state index is 10.6. The molecule has 2 aromatic rings. The van der Waals surface area contributed by atoms with E-state index in [0.29, 0.717) is 10.1 Å². The highest BCUT2D eigenvalue weighted by Gasteiger charge is 2.11. The molecule has 0 spiro atoms. The minimum absolute atomic E-state index is 0.166. The Morgan fingerprint density at radius 1 is 1.38 bits per heavy atom. The molecule has 3 nitrogen and oxygen atoms in total. The number of aromatic carboxylic acids is 1. The molecule has 2 rings (SSSR count). The minimum atomic E-state index is -1.32. The summed E-state index contributed by atoms with van der Waals surface area (Å²) >= 11 is 3.14. The van der Waals surface area contributed by atoms with Gasteiger partial charge in [0.1, 0.15) is 11.6 Å². The monoisotopic (exact) mass is 239 g/mol. The third-order valence-corrected chi connectivity index (χ3v) is 2.51. The van der Waals surface area contributed by atoms with Gasteiger partial charge >= 0.3 is 0 Å². The van der Waals surface area contributed by atoms with Crippen molar-refractivity contribution in [2.24, 2.45) is 0 Å². The SMILES string of the molecule is O=C([O-])c1oc2ccccc2c1Br. The molecule has 0 unspecified atom stereocenters. The topological polar surface area (TPSA) is 53.3 Å². The van der Waals surface area contributed by atoms with Crippen molar-refractivity contribution < 1.29 is 14.3 Å². The molecule has 0 amide bonds. The molecule has 0 fully saturated rings. The summed E-state index contributed by atoms with van der Waals surface area (Å²) in [5.41, 5.74) is 0.536. The maximum atomic E-state index is 10.6. The van der Waals surface area contributed by atoms with Gasteiger partial charge in [-0.2, -0.15) is 0 Å². The predicted octanol–water partition coefficient (Wildman–Crippen LogP) is 1.56. The van der Waals surface area contributed by atoms with Crippen LogP contribution in [0.5, 0.6) is 0 Å². The van der Waals surface area contributed by atoms with Crippen LogP contribution in [0.25, 0.3) is 11.0 Å². The Kier molecular flexibility index (Phi) is 1.84. The molecule has 0 aliphatic heterocycles. The number of carbonyl (C=O) groups is 1. The molecule has 0 radical (unpaired) electrons. The van der Waals surface area contributed by atoms with Crippen LogP contribution in [0.3, 0.4) is 0 Å². The molecule has 0 atom stereocenters. The number of hydrogen-bond acceptors (Lipinski definition) is 3. The largest absolute Gasteiger partial charge is 0.541 e. The number of rotatable bonds is 1. The fourth-order valence-corrected chi connectivity index (χ4v) is 1.72. The van der Waals surface area contributed by atoms with Crippen LogP contribution in [-0.4, -0.2) is 5.97 Å². The first-order valence-corrected chi connectivity index (χ1v) is 4.38. The van der Waals surface area contributed by atoms with E-state index in [4.69, 9.17) is 4.42 Å². The van der Waals surface area contributed by atoms with Crippen molar-refractivity contribution in [1.29, 1.82) is 0 Å². The van der Waals surface area contributed by atoms with E-state index in [1.165, 1.54) is 0 Å². The second-order valence-electron chi connectivity index (χ2n) is 2.53. The predicted molar refractivity (Wildman–Crippen MR) is 48.2 cm³/mol. The lowest BCUT2D eigenvalue weighted by atomic mass is 10.2. The average molecular weight is 240 g/mol. The lowest BCUT2D eigenvalue weighted by molar-refractivity contribution is -0.257. The van der Waals surface area contributed by atoms with Gasteiger partial charge in [-0.15, -0.1) is 0 Å². The van der Waals surface area contributed by atoms with Crippen molar-refractivity contribution in [3.8, 4) is 0 Å². The van der Waals surface area contributed by atoms with Crippen LogP contribution in [0, 0.1) is 0 Å². The van der Waals surface area contributed by atoms with Crippen molar-refractivity contribution in [2.45, 2.75) is 0 Å². The van der Waals surface area contributed by atoms with Gasteiger partial charge in [-0.05, 0) is 28.1 Å². The van der Waals surface area contributed by atoms with E-state index in [2.05, 4.69) is 15.9 Å². The van der Waals surface area contributed by atoms with Crippen molar-refractivity contribution in [3.05, 3.63) is 34.5 Å². The summed E-state index contributed by atoms with van der Waals surface area (Å²) in [6, 6.07) is 7.06. The van der Waals surface area contributed by atoms with E-state index in [9.17, 15) is 9.90 Å². The first kappa shape index (κ1) is 8.31. The van der Waals surface area contributed by atoms with E-state index in [-0.39, 0.29) is 5.76 Å². The maximum Gasteiger partial charge on any atom is 0.165 e. The van der Waals surface area contributed by atoms with Crippen molar-refractivity contribution in [2.75, 3.05) is 0 Å². The van der Waals surface area contributed by atoms with Crippen molar-refractivity contribution in [1.82, 2.24) is 0 Å². The summed E-state index contributed by atoms with van der Waals surface area (Å²) in [5, 5.41) is 11.3. The van der Waals surface area contributed by atoms with E-state index in [1.807, 2.05) is 6.07 Å². The molecule has 1 aromatic carbocycles. The van der Waals surface area contributed by atoms with Crippen LogP contribution in [0.1, 0.15) is 10.6 Å². The second kappa shape index (κ2) is 2.88. The molecule has 0 bridgehead atoms. The van der Waals surface area contributed by atoms with E-state index in [1.54, 1.807) is 18.2 Å². The quantitative estimate of drug-likeness (QED) is 0.759. The van der Waals surface area contributed by atoms with Crippen LogP contribution in [-0.2, 0) is 0 Å². The van der Waals surface area contributed by atoms with E-state index >= 15 is 0 Å². The summed E-state index contributed by atoms with van der Waals surface area (Å²) in [4.78, 5) is 10.6. The highest BCUT2D eigenvalue weighted by atomic mass is 79.9. The minimum Gasteiger partial charge on any atom is -0.541 e. The van der Waals surface area contributed by atoms with Gasteiger partial charge in [-0.1, -0.05) is 12.1 Å². The molecule has 1 aromatic heterocycles. The summed E-state index contributed by atoms with van der Waals surface area (Å²) in [6.45, 7) is 0. The zero-order valence-electron chi connectivity index (χ0n) is 6.41. The Morgan fingerprint density at radius 2 is 2.08 bits per heavy atom. The molecule has 13 heavy (non-hydrogen) atoms. The highest BCUT2D eigenvalue weighted by molar-refractivity contribution is 9.10. The summed E-state index contributed by atoms with van der Waals surface area (Å²) in [7, 11) is 0. The highest BCUT2D eigenvalue weighted by Crippen LogP contribution is 2.29. The summed E-state index contributed by atoms with van der Waals surface area (Å²) < 4.78 is 5.48. The van der Waals surface area contributed by atoms with Crippen molar-refractivity contribution in [3.63, 3.8) is 0 Å². The zero-order valence-corrected chi connectivity index (χ0v) is 8.00. The molecule has 1 heterocycles. The number of hydrogen-bond donors (Lipinski definition) is 0. The molecule has 0 aliphatic rings. The van der Waals surface area contributed by atoms with E-state index < -0.39 is 5.97 Å². The Labute approximate surface area is 82.1 Å². The lowest BCUT2D eigenvalue weighted by Crippen LogP contribution is -2.21. The Bertz CT molecular complexity index is 473. The fraction of sp³-hybridized carbons (Fsp3) is 0. The van der Waals surface area contributed by atoms with Crippen molar-refractivity contribution >= 4 is 32.9 Å². The van der Waals surface area contributed by atoms with Gasteiger partial charge in [0.25, 0.3) is 0 Å². The first-order valence-electron chi connectivity index (χ1n) is 3.58. The van der Waals surface area contributed by atoms with Crippen LogP contribution < -0.4 is 5.11 Å². The van der Waals surface area contributed by atoms with E-state index in [0.717, 1.165) is 5.39 Å². The smallest absolute Gasteiger partial charge is 0.165 e. The number of carboxylic acids is 1. The van der Waals surface area contributed by atoms with Gasteiger partial charge in [-0.25, -0.2) is 0 Å². The summed E-state index contributed by atoms with van der Waals surface area (Å²) in [6.07, 6.45) is 0. The molecule has 4 heteroatoms. The van der Waals surface area contributed by atoms with Gasteiger partial charge < -0.3 is 14.3 Å². The second-order valence-corrected chi connectivity index (χ2v) is 3.32. The Balaban J connectivity index is 2.81. The molecular weight excluding hydrogens is 236 g/mol. The van der Waals surface area contributed by atoms with Crippen LogP contribution in [0.2, 0.25) is 0 Å². The van der Waals surface area contributed by atoms with Gasteiger partial charge in [0.2, 0.25) is 0 Å². The van der Waals surface area contributed by atoms with Crippen LogP contribution in [0.15, 0.2) is 33.2 Å². The molecule has 0 saturated carbocycles. The molecule has 0 aliphatic carbocycles. The number of carboxylic acid groups (broad SMARTS) is 1. The number of furan rings is 1. The normalized spacial score (nSPS) is 10.5. The van der Waals surface area contributed by atoms with Gasteiger partial charge in [0.15, 0.2) is 5.76 Å². The van der Waals surface area contributed by atoms with Crippen LogP contribution in [0.4, 0.5) is 0 Å². The Morgan fingerprint density at radius 3 is 2.69 bits per heavy atom. The molecule has 0 N–H and O–H groups in total. The number of carbonyl (C=O) groups excluding carboxylic acids is 1. The lowest BCUT2D eigenvalue weighted by Gasteiger charge is -1.94. The third-order valence-electron chi connectivity index (χ3n) is 1.72. The number of fused-ring (bicyclic) bond motifs is 1. The first-order chi connectivity index (χ1) is 6.20. The molecular formula is C9H4BrO3-. The summed E-state index contributed by atoms with van der Waals surface area (Å²) in [5.74, 6) is -1.48. The van der Waals surface area contributed by atoms with Gasteiger partial charge in [0.05, 0.1) is 4.47 Å². The number of para-hydroxylation sites is 1. The third kappa shape index (κ3) is 1.23. The molecule has 66 valence electrons. The van der Waals surface area contributed by atoms with Crippen LogP contribution >= 0.6 is 15.9 Å². The average Bonchev–Trinajstić information content (AvgIpc) is 2.45. The zero-order chi connectivity index (χ0) is 9.42. The Hall–Kier alpha value is -1.29. The number of benzene rings is 1. The fourth-order valence-electron chi connectivity index (χ4n) is 1.15. The number of halogens is 1.